The third-order valence-electron chi connectivity index (χ3n) is 3.00. The van der Waals surface area contributed by atoms with Crippen LogP contribution in [-0.2, 0) is 11.3 Å². The summed E-state index contributed by atoms with van der Waals surface area (Å²) >= 11 is 0. The highest BCUT2D eigenvalue weighted by atomic mass is 16.5. The van der Waals surface area contributed by atoms with Crippen LogP contribution in [0.2, 0.25) is 0 Å². The van der Waals surface area contributed by atoms with Crippen LogP contribution >= 0.6 is 0 Å². The lowest BCUT2D eigenvalue weighted by atomic mass is 10.2. The van der Waals surface area contributed by atoms with Crippen molar-refractivity contribution in [3.8, 4) is 17.2 Å². The van der Waals surface area contributed by atoms with Crippen molar-refractivity contribution in [1.29, 1.82) is 0 Å². The van der Waals surface area contributed by atoms with Gasteiger partial charge >= 0.3 is 0 Å². The van der Waals surface area contributed by atoms with Gasteiger partial charge in [-0.05, 0) is 32.0 Å². The van der Waals surface area contributed by atoms with E-state index in [4.69, 9.17) is 9.47 Å². The number of nitrogens with zero attached hydrogens (tertiary/aromatic N) is 1. The van der Waals surface area contributed by atoms with Crippen LogP contribution in [0.3, 0.4) is 0 Å². The topological polar surface area (TPSA) is 71.7 Å². The highest BCUT2D eigenvalue weighted by molar-refractivity contribution is 5.90. The number of ether oxygens (including phenoxy) is 2. The van der Waals surface area contributed by atoms with Crippen molar-refractivity contribution >= 4 is 11.6 Å². The van der Waals surface area contributed by atoms with Crippen LogP contribution in [-0.4, -0.2) is 24.2 Å². The number of benzene rings is 1. The van der Waals surface area contributed by atoms with Crippen molar-refractivity contribution in [2.24, 2.45) is 0 Å². The molecule has 2 rings (SSSR count). The highest BCUT2D eigenvalue weighted by Crippen LogP contribution is 2.30. The molecule has 1 aromatic heterocycles. The van der Waals surface area contributed by atoms with Crippen LogP contribution in [0, 0.1) is 0 Å². The van der Waals surface area contributed by atoms with E-state index in [1.54, 1.807) is 41.1 Å². The van der Waals surface area contributed by atoms with E-state index in [1.165, 1.54) is 6.20 Å². The largest absolute Gasteiger partial charge is 0.503 e. The van der Waals surface area contributed by atoms with Crippen LogP contribution < -0.4 is 19.4 Å². The summed E-state index contributed by atoms with van der Waals surface area (Å²) in [6.07, 6.45) is 3.20. The van der Waals surface area contributed by atoms with Gasteiger partial charge in [0.05, 0.1) is 13.2 Å². The lowest BCUT2D eigenvalue weighted by Crippen LogP contribution is -2.39. The van der Waals surface area contributed by atoms with E-state index in [0.717, 1.165) is 0 Å². The summed E-state index contributed by atoms with van der Waals surface area (Å²) in [7, 11) is 0. The molecular formula is C17H21N2O4+. The number of aromatic hydroxyl groups is 1. The lowest BCUT2D eigenvalue weighted by molar-refractivity contribution is -0.684. The molecule has 0 saturated carbocycles. The monoisotopic (exact) mass is 317 g/mol. The Kier molecular flexibility index (Phi) is 5.80. The van der Waals surface area contributed by atoms with Gasteiger partial charge in [-0.2, -0.15) is 4.57 Å². The maximum atomic E-state index is 12.1. The Hall–Kier alpha value is -2.76. The average Bonchev–Trinajstić information content (AvgIpc) is 2.50. The summed E-state index contributed by atoms with van der Waals surface area (Å²) < 4.78 is 12.6. The Labute approximate surface area is 135 Å². The van der Waals surface area contributed by atoms with Gasteiger partial charge in [0.1, 0.15) is 0 Å². The molecule has 0 saturated heterocycles. The second-order valence-electron chi connectivity index (χ2n) is 4.81. The minimum absolute atomic E-state index is 0.103. The first-order chi connectivity index (χ1) is 11.1. The molecule has 0 fully saturated rings. The van der Waals surface area contributed by atoms with Crippen molar-refractivity contribution in [2.45, 2.75) is 20.4 Å². The van der Waals surface area contributed by atoms with Gasteiger partial charge in [0.2, 0.25) is 12.7 Å². The highest BCUT2D eigenvalue weighted by Gasteiger charge is 2.12. The van der Waals surface area contributed by atoms with E-state index in [2.05, 4.69) is 5.32 Å². The third-order valence-corrected chi connectivity index (χ3v) is 3.00. The second kappa shape index (κ2) is 8.03. The van der Waals surface area contributed by atoms with E-state index in [9.17, 15) is 9.90 Å². The molecule has 0 aliphatic rings. The number of nitrogens with one attached hydrogen (secondary N) is 1. The molecule has 1 heterocycles. The predicted octanol–water partition coefficient (Wildman–Crippen LogP) is 2.12. The molecule has 2 aromatic rings. The molecule has 23 heavy (non-hydrogen) atoms. The molecular weight excluding hydrogens is 296 g/mol. The number of carbonyl (C=O) groups excluding carboxylic acids is 1. The maximum absolute atomic E-state index is 12.1. The standard InChI is InChI=1S/C17H20N2O4/c1-3-22-15-8-7-13(10-16(15)23-4-2)18-17(21)12-19-9-5-6-14(20)11-19/h5-11H,3-4,12H2,1-2H3,(H-,18,20,21)/p+1. The van der Waals surface area contributed by atoms with E-state index in [-0.39, 0.29) is 18.2 Å². The molecule has 0 bridgehead atoms. The van der Waals surface area contributed by atoms with E-state index < -0.39 is 0 Å². The van der Waals surface area contributed by atoms with Crippen LogP contribution in [0.15, 0.2) is 42.7 Å². The van der Waals surface area contributed by atoms with Crippen molar-refractivity contribution < 1.29 is 23.9 Å². The van der Waals surface area contributed by atoms with Crippen molar-refractivity contribution in [2.75, 3.05) is 18.5 Å². The second-order valence-corrected chi connectivity index (χ2v) is 4.81. The lowest BCUT2D eigenvalue weighted by Gasteiger charge is -2.12. The van der Waals surface area contributed by atoms with E-state index in [0.29, 0.717) is 30.4 Å². The molecule has 2 N–H and O–H groups in total. The van der Waals surface area contributed by atoms with Crippen LogP contribution in [0.1, 0.15) is 13.8 Å². The van der Waals surface area contributed by atoms with Gasteiger partial charge in [-0.25, -0.2) is 0 Å². The van der Waals surface area contributed by atoms with Gasteiger partial charge in [0.25, 0.3) is 5.91 Å². The fraction of sp³-hybridized carbons (Fsp3) is 0.294. The molecule has 6 nitrogen and oxygen atoms in total. The maximum Gasteiger partial charge on any atom is 0.290 e. The number of aromatic nitrogens is 1. The Bertz CT molecular complexity index is 673. The van der Waals surface area contributed by atoms with E-state index in [1.807, 2.05) is 13.8 Å². The quantitative estimate of drug-likeness (QED) is 0.767. The van der Waals surface area contributed by atoms with E-state index >= 15 is 0 Å². The number of anilines is 1. The van der Waals surface area contributed by atoms with Crippen molar-refractivity contribution in [3.05, 3.63) is 42.7 Å². The molecule has 0 radical (unpaired) electrons. The third kappa shape index (κ3) is 4.88. The zero-order chi connectivity index (χ0) is 16.7. The van der Waals surface area contributed by atoms with Crippen LogP contribution in [0.5, 0.6) is 17.2 Å². The molecule has 0 atom stereocenters. The number of pyridine rings is 1. The Morgan fingerprint density at radius 2 is 1.91 bits per heavy atom. The smallest absolute Gasteiger partial charge is 0.290 e. The predicted molar refractivity (Wildman–Crippen MR) is 85.7 cm³/mol. The Balaban J connectivity index is 2.06. The normalized spacial score (nSPS) is 10.2. The van der Waals surface area contributed by atoms with Crippen molar-refractivity contribution in [1.82, 2.24) is 0 Å². The molecule has 0 spiro atoms. The molecule has 0 unspecified atom stereocenters. The fourth-order valence-electron chi connectivity index (χ4n) is 2.10. The zero-order valence-electron chi connectivity index (χ0n) is 13.3. The van der Waals surface area contributed by atoms with Gasteiger partial charge in [-0.1, -0.05) is 0 Å². The summed E-state index contributed by atoms with van der Waals surface area (Å²) in [6.45, 7) is 4.94. The minimum Gasteiger partial charge on any atom is -0.503 e. The first kappa shape index (κ1) is 16.6. The van der Waals surface area contributed by atoms with Gasteiger partial charge in [0.15, 0.2) is 23.4 Å². The molecule has 0 aliphatic heterocycles. The Morgan fingerprint density at radius 3 is 2.61 bits per heavy atom. The average molecular weight is 317 g/mol. The summed E-state index contributed by atoms with van der Waals surface area (Å²) in [5.41, 5.74) is 0.627. The van der Waals surface area contributed by atoms with Gasteiger partial charge in [0, 0.05) is 17.8 Å². The first-order valence-electron chi connectivity index (χ1n) is 7.50. The number of hydrogen-bond acceptors (Lipinski definition) is 4. The summed E-state index contributed by atoms with van der Waals surface area (Å²) in [6, 6.07) is 8.49. The summed E-state index contributed by atoms with van der Waals surface area (Å²) in [5.74, 6) is 1.15. The molecule has 1 aromatic carbocycles. The van der Waals surface area contributed by atoms with Crippen molar-refractivity contribution in [3.63, 3.8) is 0 Å². The number of carbonyl (C=O) groups is 1. The summed E-state index contributed by atoms with van der Waals surface area (Å²) in [5, 5.41) is 12.2. The first-order valence-corrected chi connectivity index (χ1v) is 7.50. The number of amides is 1. The molecule has 1 amide bonds. The van der Waals surface area contributed by atoms with Crippen LogP contribution in [0.25, 0.3) is 0 Å². The zero-order valence-corrected chi connectivity index (χ0v) is 13.3. The minimum atomic E-state index is -0.202. The fourth-order valence-corrected chi connectivity index (χ4v) is 2.10. The summed E-state index contributed by atoms with van der Waals surface area (Å²) in [4.78, 5) is 12.1. The van der Waals surface area contributed by atoms with Gasteiger partial charge in [-0.3, -0.25) is 4.79 Å². The molecule has 6 heteroatoms. The number of hydrogen-bond donors (Lipinski definition) is 2. The van der Waals surface area contributed by atoms with Gasteiger partial charge in [-0.15, -0.1) is 0 Å². The number of rotatable bonds is 7. The molecule has 0 aliphatic carbocycles. The van der Waals surface area contributed by atoms with Crippen LogP contribution in [0.4, 0.5) is 5.69 Å². The molecule has 122 valence electrons. The SMILES string of the molecule is CCOc1ccc(NC(=O)C[n+]2cccc(O)c2)cc1OCC. The Morgan fingerprint density at radius 1 is 1.17 bits per heavy atom. The van der Waals surface area contributed by atoms with Gasteiger partial charge < -0.3 is 19.9 Å².